The minimum Gasteiger partial charge on any atom is -0.453 e. The Morgan fingerprint density at radius 3 is 1.19 bits per heavy atom. The molecule has 0 saturated carbocycles. The number of para-hydroxylation sites is 14. The second-order valence-corrected chi connectivity index (χ2v) is 30.7. The zero-order valence-corrected chi connectivity index (χ0v) is 59.1. The fraction of sp³-hybridized carbons (Fsp3) is 0.0625. The number of anilines is 18. The van der Waals surface area contributed by atoms with Gasteiger partial charge in [0.1, 0.15) is 0 Å². The summed E-state index contributed by atoms with van der Waals surface area (Å²) in [6.45, 7) is 9.42. The van der Waals surface area contributed by atoms with Gasteiger partial charge in [0.25, 0.3) is 13.4 Å². The Bertz CT molecular complexity index is 6270. The summed E-state index contributed by atoms with van der Waals surface area (Å²) in [5.74, 6) is 4.77. The van der Waals surface area contributed by atoms with Crippen LogP contribution in [0.4, 0.5) is 102 Å². The van der Waals surface area contributed by atoms with Crippen molar-refractivity contribution >= 4 is 149 Å². The molecule has 0 unspecified atom stereocenters. The Morgan fingerprint density at radius 2 is 0.626 bits per heavy atom. The van der Waals surface area contributed by atoms with Crippen molar-refractivity contribution in [3.8, 4) is 56.8 Å². The molecule has 0 spiro atoms. The molecule has 0 bridgehead atoms. The largest absolute Gasteiger partial charge is 0.453 e. The lowest BCUT2D eigenvalue weighted by molar-refractivity contribution is 0.477. The topological polar surface area (TPSA) is 47.1 Å². The van der Waals surface area contributed by atoms with E-state index in [2.05, 4.69) is 360 Å². The predicted octanol–water partition coefficient (Wildman–Crippen LogP) is 21.7. The van der Waals surface area contributed by atoms with Crippen molar-refractivity contribution in [2.24, 2.45) is 0 Å². The standard InChI is InChI=1S/C96H64B2N6O3/c1-95(2)65-28-8-10-35-73(65)101-79-52-60(53-80-89(79)97(69-32-21-30-67(95)91(69)101)70-33-22-31-68-92(70)102(80)74-36-11-9-29-66(74)96(68,3)4)57-46-48-62(49-47-57)99(61-25-6-5-7-26-61)63-27-20-24-58(50-63)59-51-72-94-88(54-59)107-86-44-19-15-40-78(86)104(94)82-56-64(100-75-37-12-16-41-83(75)105-84-42-17-13-38-76(84)100)55-81-90(82)98(72)71-34-23-45-87-93(71)103(81)77-39-14-18-43-85(77)106-87/h5-56H,1-4H3. The van der Waals surface area contributed by atoms with E-state index in [1.54, 1.807) is 0 Å². The van der Waals surface area contributed by atoms with Crippen molar-refractivity contribution in [1.29, 1.82) is 0 Å². The van der Waals surface area contributed by atoms with Crippen molar-refractivity contribution in [2.45, 2.75) is 38.5 Å². The van der Waals surface area contributed by atoms with E-state index in [0.29, 0.717) is 0 Å². The van der Waals surface area contributed by atoms with E-state index in [9.17, 15) is 0 Å². The molecular formula is C96H64B2N6O3. The Balaban J connectivity index is 0.670. The van der Waals surface area contributed by atoms with Crippen LogP contribution in [0.2, 0.25) is 0 Å². The third-order valence-corrected chi connectivity index (χ3v) is 24.4. The van der Waals surface area contributed by atoms with Gasteiger partial charge in [-0.05, 0) is 211 Å². The van der Waals surface area contributed by atoms with Crippen molar-refractivity contribution in [3.63, 3.8) is 0 Å². The average Bonchev–Trinajstić information content (AvgIpc) is 0.678. The maximum atomic E-state index is 7.31. The monoisotopic (exact) mass is 1370 g/mol. The molecule has 15 aromatic carbocycles. The molecule has 0 fully saturated rings. The Kier molecular flexibility index (Phi) is 11.7. The maximum absolute atomic E-state index is 7.31. The van der Waals surface area contributed by atoms with Gasteiger partial charge in [0.2, 0.25) is 0 Å². The zero-order chi connectivity index (χ0) is 70.4. The normalized spacial score (nSPS) is 15.2. The lowest BCUT2D eigenvalue weighted by atomic mass is 9.32. The van der Waals surface area contributed by atoms with Gasteiger partial charge < -0.3 is 43.6 Å². The fourth-order valence-corrected chi connectivity index (χ4v) is 19.8. The van der Waals surface area contributed by atoms with Crippen LogP contribution in [0.5, 0.6) is 34.5 Å². The van der Waals surface area contributed by atoms with Gasteiger partial charge in [-0.25, -0.2) is 0 Å². The Hall–Kier alpha value is -13.4. The van der Waals surface area contributed by atoms with Crippen LogP contribution in [0.25, 0.3) is 22.3 Å². The molecule has 0 amide bonds. The molecule has 15 aromatic rings. The summed E-state index contributed by atoms with van der Waals surface area (Å²) >= 11 is 0. The number of rotatable bonds is 6. The highest BCUT2D eigenvalue weighted by molar-refractivity contribution is 7.01. The van der Waals surface area contributed by atoms with Crippen molar-refractivity contribution < 1.29 is 14.2 Å². The molecule has 9 aliphatic rings. The first-order valence-corrected chi connectivity index (χ1v) is 37.2. The molecule has 0 aliphatic carbocycles. The van der Waals surface area contributed by atoms with Crippen LogP contribution < -0.4 is 76.4 Å². The van der Waals surface area contributed by atoms with E-state index in [1.165, 1.54) is 78.2 Å². The lowest BCUT2D eigenvalue weighted by Crippen LogP contribution is -2.63. The molecule has 0 N–H and O–H groups in total. The molecule has 107 heavy (non-hydrogen) atoms. The van der Waals surface area contributed by atoms with Crippen molar-refractivity contribution in [1.82, 2.24) is 0 Å². The minimum atomic E-state index is -0.234. The van der Waals surface area contributed by atoms with Gasteiger partial charge in [-0.15, -0.1) is 0 Å². The third-order valence-electron chi connectivity index (χ3n) is 24.4. The van der Waals surface area contributed by atoms with Crippen LogP contribution in [-0.2, 0) is 10.8 Å². The minimum absolute atomic E-state index is 0.0178. The first-order chi connectivity index (χ1) is 52.6. The smallest absolute Gasteiger partial charge is 0.252 e. The summed E-state index contributed by atoms with van der Waals surface area (Å²) in [7, 11) is 0. The van der Waals surface area contributed by atoms with Gasteiger partial charge in [-0.1, -0.05) is 210 Å². The number of nitrogens with zero attached hydrogens (tertiary/aromatic N) is 6. The zero-order valence-electron chi connectivity index (χ0n) is 59.1. The third kappa shape index (κ3) is 7.89. The van der Waals surface area contributed by atoms with Crippen LogP contribution in [-0.4, -0.2) is 13.4 Å². The van der Waals surface area contributed by atoms with E-state index in [4.69, 9.17) is 14.2 Å². The van der Waals surface area contributed by atoms with Crippen molar-refractivity contribution in [3.05, 3.63) is 338 Å². The number of fused-ring (bicyclic) bond motifs is 18. The number of ether oxygens (including phenoxy) is 3. The molecule has 24 rings (SSSR count). The van der Waals surface area contributed by atoms with Gasteiger partial charge in [0.15, 0.2) is 34.5 Å². The summed E-state index contributed by atoms with van der Waals surface area (Å²) in [4.78, 5) is 14.9. The van der Waals surface area contributed by atoms with Gasteiger partial charge in [0.05, 0.1) is 51.2 Å². The van der Waals surface area contributed by atoms with Crippen LogP contribution in [0.1, 0.15) is 49.9 Å². The van der Waals surface area contributed by atoms with E-state index in [1.807, 2.05) is 12.1 Å². The second kappa shape index (κ2) is 21.2. The predicted molar refractivity (Wildman–Crippen MR) is 439 cm³/mol. The van der Waals surface area contributed by atoms with Gasteiger partial charge in [0, 0.05) is 62.0 Å². The molecule has 0 radical (unpaired) electrons. The van der Waals surface area contributed by atoms with E-state index in [-0.39, 0.29) is 24.3 Å². The quantitative estimate of drug-likeness (QED) is 0.152. The van der Waals surface area contributed by atoms with Gasteiger partial charge >= 0.3 is 0 Å². The number of hydrogen-bond donors (Lipinski definition) is 0. The van der Waals surface area contributed by atoms with E-state index in [0.717, 1.165) is 136 Å². The molecule has 9 heterocycles. The van der Waals surface area contributed by atoms with Crippen LogP contribution in [0, 0.1) is 0 Å². The van der Waals surface area contributed by atoms with Crippen LogP contribution in [0.3, 0.4) is 0 Å². The van der Waals surface area contributed by atoms with E-state index >= 15 is 0 Å². The van der Waals surface area contributed by atoms with Crippen molar-refractivity contribution in [2.75, 3.05) is 29.4 Å². The Labute approximate surface area is 621 Å². The molecule has 11 heteroatoms. The van der Waals surface area contributed by atoms with E-state index < -0.39 is 0 Å². The molecule has 502 valence electrons. The van der Waals surface area contributed by atoms with Gasteiger partial charge in [-0.3, -0.25) is 0 Å². The summed E-state index contributed by atoms with van der Waals surface area (Å²) < 4.78 is 20.9. The molecule has 0 aromatic heterocycles. The number of benzene rings is 15. The molecular weight excluding hydrogens is 1310 g/mol. The lowest BCUT2D eigenvalue weighted by Gasteiger charge is -2.52. The molecule has 9 aliphatic heterocycles. The van der Waals surface area contributed by atoms with Crippen LogP contribution >= 0.6 is 0 Å². The average molecular weight is 1370 g/mol. The summed E-state index contributed by atoms with van der Waals surface area (Å²) in [5, 5.41) is 0. The Morgan fingerprint density at radius 1 is 0.243 bits per heavy atom. The second-order valence-electron chi connectivity index (χ2n) is 30.7. The highest BCUT2D eigenvalue weighted by Gasteiger charge is 2.53. The number of hydrogen-bond acceptors (Lipinski definition) is 9. The SMILES string of the molecule is CC1(C)c2ccccc2N2c3cc(-c4ccc(N(c5ccccc5)c5cccc(-c6cc7c8c(c6)B6c9cccc%10c9N(c9ccccc9O%10)c9cc(N%10c%11ccccc%11Oc%11ccccc%11%10)cc(c96)N8c6ccccc6O7)c5)cc4)cc4c3B(c3cccc1c32)c1cccc2c1N4c1ccccc1C2(C)C. The fourth-order valence-electron chi connectivity index (χ4n) is 19.8. The maximum Gasteiger partial charge on any atom is 0.252 e. The highest BCUT2D eigenvalue weighted by atomic mass is 16.5. The van der Waals surface area contributed by atoms with Crippen LogP contribution in [0.15, 0.2) is 315 Å². The summed E-state index contributed by atoms with van der Waals surface area (Å²) in [6, 6.07) is 116. The summed E-state index contributed by atoms with van der Waals surface area (Å²) in [6.07, 6.45) is 0. The first-order valence-electron chi connectivity index (χ1n) is 37.2. The first kappa shape index (κ1) is 59.1. The molecule has 0 saturated heterocycles. The summed E-state index contributed by atoms with van der Waals surface area (Å²) in [5.41, 5.74) is 36.6. The van der Waals surface area contributed by atoms with Gasteiger partial charge in [-0.2, -0.15) is 0 Å². The highest BCUT2D eigenvalue weighted by Crippen LogP contribution is 2.62. The molecule has 9 nitrogen and oxygen atoms in total. The molecule has 0 atom stereocenters.